The van der Waals surface area contributed by atoms with Gasteiger partial charge in [0.15, 0.2) is 0 Å². The molecule has 5 heteroatoms. The number of benzene rings is 1. The molecule has 4 rings (SSSR count). The van der Waals surface area contributed by atoms with Gasteiger partial charge in [0.1, 0.15) is 12.0 Å². The van der Waals surface area contributed by atoms with Gasteiger partial charge in [-0.3, -0.25) is 0 Å². The van der Waals surface area contributed by atoms with Crippen molar-refractivity contribution in [1.29, 1.82) is 0 Å². The van der Waals surface area contributed by atoms with Gasteiger partial charge in [-0.25, -0.2) is 9.07 Å². The second-order valence-corrected chi connectivity index (χ2v) is 6.72. The van der Waals surface area contributed by atoms with Crippen LogP contribution in [0.2, 0.25) is 0 Å². The van der Waals surface area contributed by atoms with Gasteiger partial charge < -0.3 is 9.64 Å². The van der Waals surface area contributed by atoms with Crippen LogP contribution in [0.15, 0.2) is 30.5 Å². The minimum Gasteiger partial charge on any atom is -0.369 e. The van der Waals surface area contributed by atoms with Crippen LogP contribution in [-0.4, -0.2) is 29.5 Å². The number of anilines is 1. The van der Waals surface area contributed by atoms with Crippen molar-refractivity contribution in [2.45, 2.75) is 44.8 Å². The molecule has 0 aliphatic carbocycles. The molecule has 0 spiro atoms. The molecular weight excluding hydrogens is 305 g/mol. The molecule has 0 radical (unpaired) electrons. The van der Waals surface area contributed by atoms with Crippen molar-refractivity contribution in [3.63, 3.8) is 0 Å². The van der Waals surface area contributed by atoms with Crippen molar-refractivity contribution in [3.8, 4) is 11.3 Å². The SMILES string of the molecule is Fc1cc(-c2ccn(C3CCCCO3)n2)ccc1N1CCCCC1. The van der Waals surface area contributed by atoms with Gasteiger partial charge in [-0.05, 0) is 56.7 Å². The number of piperidine rings is 1. The average Bonchev–Trinajstić information content (AvgIpc) is 3.13. The fourth-order valence-electron chi connectivity index (χ4n) is 3.64. The third-order valence-electron chi connectivity index (χ3n) is 5.00. The molecule has 2 aliphatic heterocycles. The first-order valence-corrected chi connectivity index (χ1v) is 9.03. The maximum absolute atomic E-state index is 14.6. The van der Waals surface area contributed by atoms with E-state index in [1.165, 1.54) is 12.8 Å². The van der Waals surface area contributed by atoms with E-state index in [0.29, 0.717) is 5.69 Å². The van der Waals surface area contributed by atoms with Gasteiger partial charge in [0, 0.05) is 31.5 Å². The fraction of sp³-hybridized carbons (Fsp3) is 0.526. The van der Waals surface area contributed by atoms with E-state index < -0.39 is 0 Å². The Morgan fingerprint density at radius 1 is 1.04 bits per heavy atom. The number of hydrogen-bond acceptors (Lipinski definition) is 3. The molecule has 24 heavy (non-hydrogen) atoms. The fourth-order valence-corrected chi connectivity index (χ4v) is 3.64. The van der Waals surface area contributed by atoms with Crippen molar-refractivity contribution >= 4 is 5.69 Å². The standard InChI is InChI=1S/C19H24FN3O/c20-16-14-15(7-8-18(16)22-10-3-1-4-11-22)17-9-12-23(21-17)19-6-2-5-13-24-19/h7-9,12,14,19H,1-6,10-11,13H2. The molecule has 2 saturated heterocycles. The molecule has 0 N–H and O–H groups in total. The Morgan fingerprint density at radius 2 is 1.92 bits per heavy atom. The lowest BCUT2D eigenvalue weighted by Gasteiger charge is -2.29. The Morgan fingerprint density at radius 3 is 2.67 bits per heavy atom. The second kappa shape index (κ2) is 6.93. The number of halogens is 1. The first-order chi connectivity index (χ1) is 11.8. The van der Waals surface area contributed by atoms with E-state index in [0.717, 1.165) is 56.6 Å². The summed E-state index contributed by atoms with van der Waals surface area (Å²) in [7, 11) is 0. The first-order valence-electron chi connectivity index (χ1n) is 9.03. The molecule has 0 bridgehead atoms. The van der Waals surface area contributed by atoms with Gasteiger partial charge in [0.25, 0.3) is 0 Å². The Labute approximate surface area is 142 Å². The van der Waals surface area contributed by atoms with Crippen LogP contribution in [0.4, 0.5) is 10.1 Å². The molecule has 1 aromatic carbocycles. The third-order valence-corrected chi connectivity index (χ3v) is 5.00. The molecule has 0 saturated carbocycles. The zero-order valence-corrected chi connectivity index (χ0v) is 14.0. The summed E-state index contributed by atoms with van der Waals surface area (Å²) in [6, 6.07) is 7.42. The molecule has 4 nitrogen and oxygen atoms in total. The predicted octanol–water partition coefficient (Wildman–Crippen LogP) is 4.38. The monoisotopic (exact) mass is 329 g/mol. The van der Waals surface area contributed by atoms with Crippen molar-refractivity contribution < 1.29 is 9.13 Å². The Hall–Kier alpha value is -1.88. The lowest BCUT2D eigenvalue weighted by atomic mass is 10.1. The Bertz CT molecular complexity index is 688. The molecule has 2 fully saturated rings. The number of ether oxygens (including phenoxy) is 1. The van der Waals surface area contributed by atoms with Gasteiger partial charge in [-0.15, -0.1) is 0 Å². The van der Waals surface area contributed by atoms with Crippen molar-refractivity contribution in [2.24, 2.45) is 0 Å². The number of nitrogens with zero attached hydrogens (tertiary/aromatic N) is 3. The second-order valence-electron chi connectivity index (χ2n) is 6.72. The van der Waals surface area contributed by atoms with Crippen LogP contribution in [-0.2, 0) is 4.74 Å². The van der Waals surface area contributed by atoms with Crippen LogP contribution in [0.3, 0.4) is 0 Å². The summed E-state index contributed by atoms with van der Waals surface area (Å²) in [5, 5.41) is 4.60. The number of aromatic nitrogens is 2. The van der Waals surface area contributed by atoms with Crippen molar-refractivity contribution in [2.75, 3.05) is 24.6 Å². The molecule has 3 heterocycles. The lowest BCUT2D eigenvalue weighted by molar-refractivity contribution is -0.0393. The molecule has 1 unspecified atom stereocenters. The maximum atomic E-state index is 14.6. The van der Waals surface area contributed by atoms with Gasteiger partial charge >= 0.3 is 0 Å². The van der Waals surface area contributed by atoms with Crippen LogP contribution in [0.1, 0.15) is 44.8 Å². The molecular formula is C19H24FN3O. The van der Waals surface area contributed by atoms with Crippen molar-refractivity contribution in [1.82, 2.24) is 9.78 Å². The predicted molar refractivity (Wildman–Crippen MR) is 92.5 cm³/mol. The molecule has 2 aliphatic rings. The lowest BCUT2D eigenvalue weighted by Crippen LogP contribution is -2.30. The Balaban J connectivity index is 1.54. The zero-order valence-electron chi connectivity index (χ0n) is 14.0. The zero-order chi connectivity index (χ0) is 16.4. The summed E-state index contributed by atoms with van der Waals surface area (Å²) in [4.78, 5) is 2.15. The minimum absolute atomic E-state index is 0.0185. The molecule has 128 valence electrons. The molecule has 1 aromatic heterocycles. The molecule has 1 atom stereocenters. The van der Waals surface area contributed by atoms with E-state index in [9.17, 15) is 4.39 Å². The van der Waals surface area contributed by atoms with Gasteiger partial charge in [0.05, 0.1) is 11.4 Å². The Kier molecular flexibility index (Phi) is 4.52. The summed E-state index contributed by atoms with van der Waals surface area (Å²) in [5.74, 6) is -0.155. The van der Waals surface area contributed by atoms with E-state index in [2.05, 4.69) is 10.00 Å². The molecule has 2 aromatic rings. The summed E-state index contributed by atoms with van der Waals surface area (Å²) >= 11 is 0. The van der Waals surface area contributed by atoms with E-state index in [-0.39, 0.29) is 12.0 Å². The average molecular weight is 329 g/mol. The first kappa shape index (κ1) is 15.6. The largest absolute Gasteiger partial charge is 0.369 e. The van der Waals surface area contributed by atoms with Gasteiger partial charge in [-0.1, -0.05) is 6.07 Å². The van der Waals surface area contributed by atoms with Crippen LogP contribution in [0.5, 0.6) is 0 Å². The van der Waals surface area contributed by atoms with Crippen LogP contribution in [0, 0.1) is 5.82 Å². The highest BCUT2D eigenvalue weighted by molar-refractivity contribution is 5.63. The number of rotatable bonds is 3. The van der Waals surface area contributed by atoms with E-state index in [1.54, 1.807) is 6.07 Å². The van der Waals surface area contributed by atoms with Gasteiger partial charge in [-0.2, -0.15) is 5.10 Å². The summed E-state index contributed by atoms with van der Waals surface area (Å²) in [6.45, 7) is 2.69. The van der Waals surface area contributed by atoms with Crippen molar-refractivity contribution in [3.05, 3.63) is 36.3 Å². The van der Waals surface area contributed by atoms with Gasteiger partial charge in [0.2, 0.25) is 0 Å². The van der Waals surface area contributed by atoms with E-state index in [4.69, 9.17) is 4.74 Å². The van der Waals surface area contributed by atoms with E-state index >= 15 is 0 Å². The highest BCUT2D eigenvalue weighted by Crippen LogP contribution is 2.29. The topological polar surface area (TPSA) is 30.3 Å². The highest BCUT2D eigenvalue weighted by atomic mass is 19.1. The summed E-state index contributed by atoms with van der Waals surface area (Å²) in [6.07, 6.45) is 8.76. The molecule has 0 amide bonds. The normalized spacial score (nSPS) is 21.9. The van der Waals surface area contributed by atoms with Crippen LogP contribution < -0.4 is 4.90 Å². The summed E-state index contributed by atoms with van der Waals surface area (Å²) in [5.41, 5.74) is 2.34. The van der Waals surface area contributed by atoms with Crippen LogP contribution >= 0.6 is 0 Å². The van der Waals surface area contributed by atoms with Crippen LogP contribution in [0.25, 0.3) is 11.3 Å². The quantitative estimate of drug-likeness (QED) is 0.837. The smallest absolute Gasteiger partial charge is 0.150 e. The minimum atomic E-state index is -0.155. The van der Waals surface area contributed by atoms with E-state index in [1.807, 2.05) is 29.1 Å². The maximum Gasteiger partial charge on any atom is 0.150 e. The highest BCUT2D eigenvalue weighted by Gasteiger charge is 2.18. The third kappa shape index (κ3) is 3.18. The number of hydrogen-bond donors (Lipinski definition) is 0. The summed E-state index contributed by atoms with van der Waals surface area (Å²) < 4.78 is 22.2.